The van der Waals surface area contributed by atoms with E-state index in [1.807, 2.05) is 61.5 Å². The van der Waals surface area contributed by atoms with Crippen molar-refractivity contribution in [2.45, 2.75) is 69.8 Å². The van der Waals surface area contributed by atoms with Crippen LogP contribution in [0.2, 0.25) is 0 Å². The first kappa shape index (κ1) is 26.3. The first-order valence-corrected chi connectivity index (χ1v) is 12.0. The summed E-state index contributed by atoms with van der Waals surface area (Å²) in [7, 11) is 0. The number of amides is 2. The Balaban J connectivity index is 1.60. The molecular weight excluding hydrogens is 448 g/mol. The average molecular weight is 483 g/mol. The van der Waals surface area contributed by atoms with E-state index < -0.39 is 24.2 Å². The number of benzene rings is 2. The van der Waals surface area contributed by atoms with Crippen molar-refractivity contribution in [1.29, 1.82) is 0 Å². The first-order chi connectivity index (χ1) is 16.9. The molecule has 1 aliphatic heterocycles. The average Bonchev–Trinajstić information content (AvgIpc) is 3.32. The smallest absolute Gasteiger partial charge is 0.332 e. The molecule has 2 aromatic rings. The number of hydrogen-bond acceptors (Lipinski definition) is 6. The number of hydrogen-bond donors (Lipinski definition) is 6. The van der Waals surface area contributed by atoms with Crippen LogP contribution < -0.4 is 21.5 Å². The van der Waals surface area contributed by atoms with Crippen molar-refractivity contribution in [3.05, 3.63) is 60.2 Å². The van der Waals surface area contributed by atoms with Gasteiger partial charge >= 0.3 is 5.97 Å². The molecule has 0 spiro atoms. The van der Waals surface area contributed by atoms with Crippen LogP contribution in [0, 0.1) is 0 Å². The number of aliphatic carboxylic acids is 1. The van der Waals surface area contributed by atoms with E-state index in [-0.39, 0.29) is 24.4 Å². The number of rotatable bonds is 12. The van der Waals surface area contributed by atoms with E-state index in [0.29, 0.717) is 19.3 Å². The van der Waals surface area contributed by atoms with Gasteiger partial charge in [-0.05, 0) is 29.5 Å². The highest BCUT2D eigenvalue weighted by molar-refractivity contribution is 5.83. The molecule has 1 heterocycles. The third-order valence-electron chi connectivity index (χ3n) is 5.99. The number of aliphatic hydroxyl groups excluding tert-OH is 1. The van der Waals surface area contributed by atoms with Gasteiger partial charge in [-0.2, -0.15) is 0 Å². The van der Waals surface area contributed by atoms with Crippen molar-refractivity contribution < 1.29 is 24.6 Å². The summed E-state index contributed by atoms with van der Waals surface area (Å²) in [5, 5.41) is 24.8. The molecule has 9 nitrogen and oxygen atoms in total. The second-order valence-electron chi connectivity index (χ2n) is 8.86. The maximum atomic E-state index is 12.9. The molecule has 9 heteroatoms. The summed E-state index contributed by atoms with van der Waals surface area (Å²) in [4.78, 5) is 36.1. The Morgan fingerprint density at radius 3 is 2.37 bits per heavy atom. The molecule has 1 aliphatic rings. The number of hydrazine groups is 1. The molecule has 0 radical (unpaired) electrons. The van der Waals surface area contributed by atoms with Crippen LogP contribution in [-0.4, -0.2) is 52.4 Å². The van der Waals surface area contributed by atoms with Crippen molar-refractivity contribution in [3.63, 3.8) is 0 Å². The van der Waals surface area contributed by atoms with Gasteiger partial charge in [0.1, 0.15) is 6.04 Å². The number of carboxylic acid groups (broad SMARTS) is 1. The van der Waals surface area contributed by atoms with Crippen LogP contribution >= 0.6 is 0 Å². The molecule has 0 aliphatic carbocycles. The molecule has 3 rings (SSSR count). The highest BCUT2D eigenvalue weighted by atomic mass is 16.4. The van der Waals surface area contributed by atoms with Crippen molar-refractivity contribution in [2.24, 2.45) is 0 Å². The monoisotopic (exact) mass is 482 g/mol. The Morgan fingerprint density at radius 2 is 1.71 bits per heavy atom. The second-order valence-corrected chi connectivity index (χ2v) is 8.86. The summed E-state index contributed by atoms with van der Waals surface area (Å²) >= 11 is 0. The Bertz CT molecular complexity index is 983. The maximum absolute atomic E-state index is 12.9. The zero-order chi connectivity index (χ0) is 25.2. The van der Waals surface area contributed by atoms with Gasteiger partial charge < -0.3 is 20.8 Å². The predicted molar refractivity (Wildman–Crippen MR) is 132 cm³/mol. The minimum atomic E-state index is -1.59. The molecule has 2 aromatic carbocycles. The van der Waals surface area contributed by atoms with Gasteiger partial charge in [-0.25, -0.2) is 15.6 Å². The van der Waals surface area contributed by atoms with Crippen molar-refractivity contribution in [2.75, 3.05) is 0 Å². The molecular formula is C26H34N4O5. The Morgan fingerprint density at radius 1 is 1.03 bits per heavy atom. The van der Waals surface area contributed by atoms with Gasteiger partial charge in [-0.1, -0.05) is 67.9 Å². The third-order valence-corrected chi connectivity index (χ3v) is 5.99. The molecule has 0 saturated carbocycles. The SMILES string of the molecule is CCCCC(=O)NC1CC(C(=O)NC(Cc2ccc(-c3ccccc3)cc2)C[C@@H](O)C(=O)O)NN1. The standard InChI is InChI=1S/C26H34N4O5/c1-2-3-9-24(32)28-23-16-21(29-30-23)25(33)27-20(15-22(31)26(34)35)14-17-10-12-19(13-11-17)18-7-5-4-6-8-18/h4-8,10-13,20-23,29-31H,2-3,9,14-16H2,1H3,(H,27,33)(H,28,32)(H,34,35)/t20?,21?,22-,23?/m1/s1. The number of carbonyl (C=O) groups excluding carboxylic acids is 2. The summed E-state index contributed by atoms with van der Waals surface area (Å²) in [6.45, 7) is 2.01. The van der Waals surface area contributed by atoms with E-state index >= 15 is 0 Å². The zero-order valence-corrected chi connectivity index (χ0v) is 19.9. The van der Waals surface area contributed by atoms with Gasteiger partial charge in [0.25, 0.3) is 0 Å². The third kappa shape index (κ3) is 8.17. The van der Waals surface area contributed by atoms with E-state index in [4.69, 9.17) is 5.11 Å². The predicted octanol–water partition coefficient (Wildman–Crippen LogP) is 1.72. The quantitative estimate of drug-likeness (QED) is 0.271. The second kappa shape index (κ2) is 13.0. The minimum absolute atomic E-state index is 0.0754. The molecule has 2 amide bonds. The summed E-state index contributed by atoms with van der Waals surface area (Å²) < 4.78 is 0. The summed E-state index contributed by atoms with van der Waals surface area (Å²) in [5.74, 6) is -1.74. The van der Waals surface area contributed by atoms with E-state index in [0.717, 1.165) is 29.5 Å². The number of unbranched alkanes of at least 4 members (excludes halogenated alkanes) is 1. The number of carboxylic acids is 1. The Hall–Kier alpha value is -3.27. The lowest BCUT2D eigenvalue weighted by Gasteiger charge is -2.22. The van der Waals surface area contributed by atoms with Crippen molar-refractivity contribution in [1.82, 2.24) is 21.5 Å². The largest absolute Gasteiger partial charge is 0.479 e. The van der Waals surface area contributed by atoms with Crippen LogP contribution in [0.4, 0.5) is 0 Å². The maximum Gasteiger partial charge on any atom is 0.332 e. The number of carbonyl (C=O) groups is 3. The molecule has 1 saturated heterocycles. The molecule has 0 bridgehead atoms. The van der Waals surface area contributed by atoms with E-state index in [1.165, 1.54) is 0 Å². The summed E-state index contributed by atoms with van der Waals surface area (Å²) in [6, 6.07) is 16.6. The molecule has 4 atom stereocenters. The van der Waals surface area contributed by atoms with Crippen LogP contribution in [-0.2, 0) is 20.8 Å². The zero-order valence-electron chi connectivity index (χ0n) is 19.9. The van der Waals surface area contributed by atoms with Crippen LogP contribution in [0.3, 0.4) is 0 Å². The molecule has 1 fully saturated rings. The fourth-order valence-corrected chi connectivity index (χ4v) is 4.04. The molecule has 188 valence electrons. The fraction of sp³-hybridized carbons (Fsp3) is 0.423. The highest BCUT2D eigenvalue weighted by Gasteiger charge is 2.32. The van der Waals surface area contributed by atoms with Gasteiger partial charge in [0.05, 0.1) is 6.17 Å². The van der Waals surface area contributed by atoms with Gasteiger partial charge in [0.15, 0.2) is 6.10 Å². The first-order valence-electron chi connectivity index (χ1n) is 12.0. The molecule has 35 heavy (non-hydrogen) atoms. The van der Waals surface area contributed by atoms with E-state index in [2.05, 4.69) is 21.5 Å². The van der Waals surface area contributed by atoms with Crippen LogP contribution in [0.25, 0.3) is 11.1 Å². The molecule has 3 unspecified atom stereocenters. The Kier molecular flexibility index (Phi) is 9.77. The van der Waals surface area contributed by atoms with Gasteiger partial charge in [-0.15, -0.1) is 0 Å². The highest BCUT2D eigenvalue weighted by Crippen LogP contribution is 2.20. The number of aliphatic hydroxyl groups is 1. The van der Waals surface area contributed by atoms with Crippen LogP contribution in [0.5, 0.6) is 0 Å². The lowest BCUT2D eigenvalue weighted by molar-refractivity contribution is -0.147. The Labute approximate surface area is 205 Å². The molecule has 6 N–H and O–H groups in total. The topological polar surface area (TPSA) is 140 Å². The van der Waals surface area contributed by atoms with Crippen molar-refractivity contribution in [3.8, 4) is 11.1 Å². The normalized spacial score (nSPS) is 19.0. The van der Waals surface area contributed by atoms with E-state index in [9.17, 15) is 19.5 Å². The fourth-order valence-electron chi connectivity index (χ4n) is 4.04. The summed E-state index contributed by atoms with van der Waals surface area (Å²) in [6.07, 6.45) is 0.783. The lowest BCUT2D eigenvalue weighted by Crippen LogP contribution is -2.49. The minimum Gasteiger partial charge on any atom is -0.479 e. The van der Waals surface area contributed by atoms with Gasteiger partial charge in [0.2, 0.25) is 11.8 Å². The van der Waals surface area contributed by atoms with Crippen molar-refractivity contribution >= 4 is 17.8 Å². The van der Waals surface area contributed by atoms with Crippen LogP contribution in [0.1, 0.15) is 44.6 Å². The number of nitrogens with one attached hydrogen (secondary N) is 4. The van der Waals surface area contributed by atoms with Gasteiger partial charge in [0, 0.05) is 25.3 Å². The van der Waals surface area contributed by atoms with Gasteiger partial charge in [-0.3, -0.25) is 9.59 Å². The lowest BCUT2D eigenvalue weighted by atomic mass is 9.97. The molecule has 0 aromatic heterocycles. The van der Waals surface area contributed by atoms with E-state index in [1.54, 1.807) is 0 Å². The summed E-state index contributed by atoms with van der Waals surface area (Å²) in [5.41, 5.74) is 8.84. The van der Waals surface area contributed by atoms with Crippen LogP contribution in [0.15, 0.2) is 54.6 Å².